The Kier molecular flexibility index (Phi) is 2.83. The lowest BCUT2D eigenvalue weighted by molar-refractivity contribution is -0.137. The Labute approximate surface area is 96.1 Å². The van der Waals surface area contributed by atoms with Gasteiger partial charge < -0.3 is 0 Å². The number of hydrogen-bond acceptors (Lipinski definition) is 2. The Morgan fingerprint density at radius 3 is 2.53 bits per heavy atom. The SMILES string of the molecule is Cc1nnccc1-c1cccc(C(F)(F)F)c1. The molecule has 0 saturated heterocycles. The lowest BCUT2D eigenvalue weighted by Gasteiger charge is -2.09. The number of alkyl halides is 3. The summed E-state index contributed by atoms with van der Waals surface area (Å²) in [6.07, 6.45) is -2.87. The molecule has 0 aliphatic rings. The first-order valence-corrected chi connectivity index (χ1v) is 4.94. The number of aromatic nitrogens is 2. The van der Waals surface area contributed by atoms with Crippen LogP contribution < -0.4 is 0 Å². The molecule has 0 atom stereocenters. The summed E-state index contributed by atoms with van der Waals surface area (Å²) in [5.41, 5.74) is 1.09. The van der Waals surface area contributed by atoms with Crippen molar-refractivity contribution in [1.29, 1.82) is 0 Å². The van der Waals surface area contributed by atoms with E-state index in [4.69, 9.17) is 0 Å². The molecule has 5 heteroatoms. The van der Waals surface area contributed by atoms with Crippen molar-refractivity contribution in [2.45, 2.75) is 13.1 Å². The molecule has 0 fully saturated rings. The van der Waals surface area contributed by atoms with Gasteiger partial charge in [0.2, 0.25) is 0 Å². The van der Waals surface area contributed by atoms with E-state index in [1.807, 2.05) is 0 Å². The van der Waals surface area contributed by atoms with E-state index in [0.29, 0.717) is 16.8 Å². The van der Waals surface area contributed by atoms with Crippen LogP contribution in [-0.2, 0) is 6.18 Å². The van der Waals surface area contributed by atoms with Crippen LogP contribution in [0.2, 0.25) is 0 Å². The van der Waals surface area contributed by atoms with E-state index in [9.17, 15) is 13.2 Å². The van der Waals surface area contributed by atoms with E-state index >= 15 is 0 Å². The van der Waals surface area contributed by atoms with E-state index in [2.05, 4.69) is 10.2 Å². The van der Waals surface area contributed by atoms with Crippen molar-refractivity contribution < 1.29 is 13.2 Å². The molecule has 17 heavy (non-hydrogen) atoms. The van der Waals surface area contributed by atoms with Gasteiger partial charge in [-0.15, -0.1) is 0 Å². The van der Waals surface area contributed by atoms with Gasteiger partial charge in [-0.05, 0) is 30.7 Å². The van der Waals surface area contributed by atoms with E-state index in [1.54, 1.807) is 19.1 Å². The first kappa shape index (κ1) is 11.6. The number of benzene rings is 1. The maximum Gasteiger partial charge on any atom is 0.416 e. The first-order valence-electron chi connectivity index (χ1n) is 4.94. The lowest BCUT2D eigenvalue weighted by atomic mass is 10.0. The third-order valence-electron chi connectivity index (χ3n) is 2.41. The Morgan fingerprint density at radius 2 is 1.88 bits per heavy atom. The van der Waals surface area contributed by atoms with Crippen LogP contribution in [0, 0.1) is 6.92 Å². The minimum absolute atomic E-state index is 0.493. The third kappa shape index (κ3) is 2.43. The molecule has 1 heterocycles. The Hall–Kier alpha value is -1.91. The van der Waals surface area contributed by atoms with Gasteiger partial charge in [-0.3, -0.25) is 0 Å². The number of nitrogens with zero attached hydrogens (tertiary/aromatic N) is 2. The average molecular weight is 238 g/mol. The number of aryl methyl sites for hydroxylation is 1. The molecule has 0 unspecified atom stereocenters. The fourth-order valence-corrected chi connectivity index (χ4v) is 1.57. The average Bonchev–Trinajstić information content (AvgIpc) is 2.29. The molecule has 0 aliphatic carbocycles. The highest BCUT2D eigenvalue weighted by atomic mass is 19.4. The molecule has 0 bridgehead atoms. The predicted octanol–water partition coefficient (Wildman–Crippen LogP) is 3.47. The van der Waals surface area contributed by atoms with Gasteiger partial charge in [0, 0.05) is 5.56 Å². The largest absolute Gasteiger partial charge is 0.416 e. The number of hydrogen-bond donors (Lipinski definition) is 0. The van der Waals surface area contributed by atoms with Crippen LogP contribution in [0.25, 0.3) is 11.1 Å². The van der Waals surface area contributed by atoms with Crippen LogP contribution in [0.5, 0.6) is 0 Å². The molecular formula is C12H9F3N2. The zero-order valence-corrected chi connectivity index (χ0v) is 8.99. The lowest BCUT2D eigenvalue weighted by Crippen LogP contribution is -2.04. The summed E-state index contributed by atoms with van der Waals surface area (Å²) in [6.45, 7) is 1.71. The van der Waals surface area contributed by atoms with E-state index in [1.165, 1.54) is 12.3 Å². The Bertz CT molecular complexity index is 535. The standard InChI is InChI=1S/C12H9F3N2/c1-8-11(5-6-16-17-8)9-3-2-4-10(7-9)12(13,14)15/h2-7H,1H3. The third-order valence-corrected chi connectivity index (χ3v) is 2.41. The van der Waals surface area contributed by atoms with Gasteiger partial charge in [0.15, 0.2) is 0 Å². The molecule has 0 radical (unpaired) electrons. The van der Waals surface area contributed by atoms with E-state index in [-0.39, 0.29) is 0 Å². The first-order chi connectivity index (χ1) is 7.98. The van der Waals surface area contributed by atoms with Crippen LogP contribution in [0.1, 0.15) is 11.3 Å². The van der Waals surface area contributed by atoms with Crippen molar-refractivity contribution >= 4 is 0 Å². The molecule has 2 rings (SSSR count). The topological polar surface area (TPSA) is 25.8 Å². The molecule has 2 aromatic rings. The molecule has 88 valence electrons. The van der Waals surface area contributed by atoms with Gasteiger partial charge in [0.05, 0.1) is 17.5 Å². The van der Waals surface area contributed by atoms with Crippen LogP contribution in [0.3, 0.4) is 0 Å². The van der Waals surface area contributed by atoms with Gasteiger partial charge in [0.25, 0.3) is 0 Å². The Morgan fingerprint density at radius 1 is 1.12 bits per heavy atom. The second-order valence-electron chi connectivity index (χ2n) is 3.61. The number of rotatable bonds is 1. The molecule has 0 N–H and O–H groups in total. The zero-order chi connectivity index (χ0) is 12.5. The summed E-state index contributed by atoms with van der Waals surface area (Å²) in [4.78, 5) is 0. The molecule has 0 spiro atoms. The second kappa shape index (κ2) is 4.16. The molecule has 1 aromatic carbocycles. The van der Waals surface area contributed by atoms with Gasteiger partial charge in [0.1, 0.15) is 0 Å². The van der Waals surface area contributed by atoms with Crippen LogP contribution in [0.4, 0.5) is 13.2 Å². The smallest absolute Gasteiger partial charge is 0.166 e. The highest BCUT2D eigenvalue weighted by Gasteiger charge is 2.30. The molecule has 2 nitrogen and oxygen atoms in total. The van der Waals surface area contributed by atoms with Crippen LogP contribution >= 0.6 is 0 Å². The second-order valence-corrected chi connectivity index (χ2v) is 3.61. The fourth-order valence-electron chi connectivity index (χ4n) is 1.57. The maximum atomic E-state index is 12.6. The highest BCUT2D eigenvalue weighted by Crippen LogP contribution is 2.32. The number of halogens is 3. The van der Waals surface area contributed by atoms with Crippen molar-refractivity contribution in [2.24, 2.45) is 0 Å². The maximum absolute atomic E-state index is 12.6. The van der Waals surface area contributed by atoms with Crippen molar-refractivity contribution in [1.82, 2.24) is 10.2 Å². The van der Waals surface area contributed by atoms with Crippen LogP contribution in [-0.4, -0.2) is 10.2 Å². The Balaban J connectivity index is 2.51. The summed E-state index contributed by atoms with van der Waals surface area (Å²) < 4.78 is 37.7. The van der Waals surface area contributed by atoms with Gasteiger partial charge in [-0.1, -0.05) is 12.1 Å². The molecule has 0 saturated carbocycles. The van der Waals surface area contributed by atoms with Gasteiger partial charge in [-0.2, -0.15) is 23.4 Å². The summed E-state index contributed by atoms with van der Waals surface area (Å²) in [7, 11) is 0. The summed E-state index contributed by atoms with van der Waals surface area (Å²) >= 11 is 0. The quantitative estimate of drug-likeness (QED) is 0.760. The van der Waals surface area contributed by atoms with Gasteiger partial charge >= 0.3 is 6.18 Å². The fraction of sp³-hybridized carbons (Fsp3) is 0.167. The monoisotopic (exact) mass is 238 g/mol. The molecule has 0 aliphatic heterocycles. The van der Waals surface area contributed by atoms with Gasteiger partial charge in [-0.25, -0.2) is 0 Å². The predicted molar refractivity (Wildman–Crippen MR) is 57.2 cm³/mol. The van der Waals surface area contributed by atoms with Crippen molar-refractivity contribution in [3.8, 4) is 11.1 Å². The van der Waals surface area contributed by atoms with Crippen molar-refractivity contribution in [2.75, 3.05) is 0 Å². The molecule has 1 aromatic heterocycles. The normalized spacial score (nSPS) is 11.5. The zero-order valence-electron chi connectivity index (χ0n) is 8.99. The molecular weight excluding hydrogens is 229 g/mol. The highest BCUT2D eigenvalue weighted by molar-refractivity contribution is 5.65. The molecule has 0 amide bonds. The minimum atomic E-state index is -4.33. The van der Waals surface area contributed by atoms with Crippen LogP contribution in [0.15, 0.2) is 36.5 Å². The summed E-state index contributed by atoms with van der Waals surface area (Å²) in [5, 5.41) is 7.49. The van der Waals surface area contributed by atoms with Crippen molar-refractivity contribution in [3.63, 3.8) is 0 Å². The van der Waals surface area contributed by atoms with E-state index in [0.717, 1.165) is 12.1 Å². The van der Waals surface area contributed by atoms with E-state index < -0.39 is 11.7 Å². The minimum Gasteiger partial charge on any atom is -0.166 e. The summed E-state index contributed by atoms with van der Waals surface area (Å²) in [6, 6.07) is 6.83. The van der Waals surface area contributed by atoms with Crippen molar-refractivity contribution in [3.05, 3.63) is 47.8 Å². The summed E-state index contributed by atoms with van der Waals surface area (Å²) in [5.74, 6) is 0.